The third-order valence-corrected chi connectivity index (χ3v) is 3.63. The molecule has 21 heavy (non-hydrogen) atoms. The van der Waals surface area contributed by atoms with Crippen molar-refractivity contribution in [2.75, 3.05) is 6.54 Å². The highest BCUT2D eigenvalue weighted by Crippen LogP contribution is 2.15. The molecule has 5 heteroatoms. The van der Waals surface area contributed by atoms with Crippen molar-refractivity contribution in [1.82, 2.24) is 14.9 Å². The number of nitrogens with one attached hydrogen (secondary N) is 1. The summed E-state index contributed by atoms with van der Waals surface area (Å²) in [5.41, 5.74) is 0.417. The first-order valence-corrected chi connectivity index (χ1v) is 7.24. The summed E-state index contributed by atoms with van der Waals surface area (Å²) in [6.07, 6.45) is 5.78. The van der Waals surface area contributed by atoms with Crippen LogP contribution in [-0.2, 0) is 19.9 Å². The lowest BCUT2D eigenvalue weighted by atomic mass is 10.0. The first-order valence-electron chi connectivity index (χ1n) is 7.24. The lowest BCUT2D eigenvalue weighted by Gasteiger charge is -2.18. The molecular weight excluding hydrogens is 272 g/mol. The Hall–Kier alpha value is -1.75. The smallest absolute Gasteiger partial charge is 0.162 e. The van der Waals surface area contributed by atoms with Crippen molar-refractivity contribution in [3.8, 4) is 0 Å². The molecular formula is C16H21F2N3. The number of halogens is 2. The number of hydrogen-bond donors (Lipinski definition) is 1. The van der Waals surface area contributed by atoms with Gasteiger partial charge in [0.1, 0.15) is 5.82 Å². The maximum atomic E-state index is 13.8. The van der Waals surface area contributed by atoms with Crippen LogP contribution in [0.25, 0.3) is 0 Å². The van der Waals surface area contributed by atoms with E-state index in [9.17, 15) is 8.78 Å². The average Bonchev–Trinajstić information content (AvgIpc) is 2.87. The molecule has 1 heterocycles. The zero-order valence-corrected chi connectivity index (χ0v) is 12.4. The summed E-state index contributed by atoms with van der Waals surface area (Å²) in [6.45, 7) is 2.80. The highest BCUT2D eigenvalue weighted by Gasteiger charge is 2.14. The van der Waals surface area contributed by atoms with E-state index in [0.29, 0.717) is 12.0 Å². The van der Waals surface area contributed by atoms with Crippen molar-refractivity contribution in [3.05, 3.63) is 53.6 Å². The van der Waals surface area contributed by atoms with Crippen molar-refractivity contribution >= 4 is 0 Å². The molecule has 1 unspecified atom stereocenters. The molecule has 0 aliphatic carbocycles. The number of nitrogens with zero attached hydrogens (tertiary/aromatic N) is 2. The molecule has 0 bridgehead atoms. The van der Waals surface area contributed by atoms with Crippen molar-refractivity contribution in [3.63, 3.8) is 0 Å². The van der Waals surface area contributed by atoms with Gasteiger partial charge in [-0.15, -0.1) is 0 Å². The molecule has 2 rings (SSSR count). The van der Waals surface area contributed by atoms with Crippen molar-refractivity contribution in [2.24, 2.45) is 7.05 Å². The fourth-order valence-electron chi connectivity index (χ4n) is 2.48. The zero-order chi connectivity index (χ0) is 15.2. The van der Waals surface area contributed by atoms with Crippen LogP contribution in [0.5, 0.6) is 0 Å². The minimum atomic E-state index is -0.785. The first-order chi connectivity index (χ1) is 10.1. The number of rotatable bonds is 7. The molecule has 1 atom stereocenters. The molecule has 0 amide bonds. The van der Waals surface area contributed by atoms with Crippen LogP contribution in [0.1, 0.15) is 24.7 Å². The van der Waals surface area contributed by atoms with Gasteiger partial charge in [-0.25, -0.2) is 13.8 Å². The molecule has 0 spiro atoms. The minimum absolute atomic E-state index is 0.100. The normalized spacial score (nSPS) is 12.6. The van der Waals surface area contributed by atoms with E-state index >= 15 is 0 Å². The second-order valence-electron chi connectivity index (χ2n) is 5.16. The predicted molar refractivity (Wildman–Crippen MR) is 79.1 cm³/mol. The van der Waals surface area contributed by atoms with Gasteiger partial charge in [0.25, 0.3) is 0 Å². The molecule has 0 aliphatic heterocycles. The summed E-state index contributed by atoms with van der Waals surface area (Å²) in [5, 5.41) is 3.33. The third-order valence-electron chi connectivity index (χ3n) is 3.63. The van der Waals surface area contributed by atoms with Crippen molar-refractivity contribution in [2.45, 2.75) is 32.2 Å². The molecule has 0 radical (unpaired) electrons. The van der Waals surface area contributed by atoms with E-state index in [1.54, 1.807) is 18.3 Å². The summed E-state index contributed by atoms with van der Waals surface area (Å²) in [7, 11) is 1.96. The van der Waals surface area contributed by atoms with Crippen LogP contribution in [-0.4, -0.2) is 22.1 Å². The number of imidazole rings is 1. The Morgan fingerprint density at radius 1 is 1.33 bits per heavy atom. The number of benzene rings is 1. The lowest BCUT2D eigenvalue weighted by molar-refractivity contribution is 0.457. The van der Waals surface area contributed by atoms with Gasteiger partial charge in [-0.2, -0.15) is 0 Å². The van der Waals surface area contributed by atoms with Crippen LogP contribution in [0.4, 0.5) is 8.78 Å². The van der Waals surface area contributed by atoms with Crippen LogP contribution in [0.3, 0.4) is 0 Å². The summed E-state index contributed by atoms with van der Waals surface area (Å²) in [5.74, 6) is -0.526. The van der Waals surface area contributed by atoms with E-state index in [-0.39, 0.29) is 6.04 Å². The molecule has 0 saturated carbocycles. The summed E-state index contributed by atoms with van der Waals surface area (Å²) >= 11 is 0. The topological polar surface area (TPSA) is 29.9 Å². The number of aryl methyl sites for hydroxylation is 2. The highest BCUT2D eigenvalue weighted by atomic mass is 19.2. The highest BCUT2D eigenvalue weighted by molar-refractivity contribution is 5.20. The van der Waals surface area contributed by atoms with Gasteiger partial charge in [0.2, 0.25) is 0 Å². The molecule has 0 aliphatic rings. The first kappa shape index (κ1) is 15.6. The summed E-state index contributed by atoms with van der Waals surface area (Å²) in [6, 6.07) is 4.44. The van der Waals surface area contributed by atoms with E-state index in [2.05, 4.69) is 10.3 Å². The predicted octanol–water partition coefficient (Wildman–Crippen LogP) is 2.85. The third kappa shape index (κ3) is 4.11. The van der Waals surface area contributed by atoms with Gasteiger partial charge in [0.05, 0.1) is 0 Å². The SMILES string of the molecule is CCNC(CCc1nccn1C)Cc1cccc(F)c1F. The number of aromatic nitrogens is 2. The monoisotopic (exact) mass is 293 g/mol. The van der Waals surface area contributed by atoms with Crippen LogP contribution in [0.15, 0.2) is 30.6 Å². The average molecular weight is 293 g/mol. The van der Waals surface area contributed by atoms with E-state index in [4.69, 9.17) is 0 Å². The Bertz CT molecular complexity index is 581. The van der Waals surface area contributed by atoms with E-state index in [1.807, 2.05) is 24.7 Å². The molecule has 1 aromatic heterocycles. The maximum absolute atomic E-state index is 13.8. The Kier molecular flexibility index (Phi) is 5.44. The van der Waals surface area contributed by atoms with Gasteiger partial charge in [-0.3, -0.25) is 0 Å². The Labute approximate surface area is 124 Å². The molecule has 2 aromatic rings. The second kappa shape index (κ2) is 7.31. The zero-order valence-electron chi connectivity index (χ0n) is 12.4. The van der Waals surface area contributed by atoms with Crippen LogP contribution in [0, 0.1) is 11.6 Å². The number of hydrogen-bond acceptors (Lipinski definition) is 2. The Morgan fingerprint density at radius 2 is 2.14 bits per heavy atom. The molecule has 0 saturated heterocycles. The Balaban J connectivity index is 2.01. The lowest BCUT2D eigenvalue weighted by Crippen LogP contribution is -2.32. The molecule has 114 valence electrons. The van der Waals surface area contributed by atoms with E-state index in [1.165, 1.54) is 0 Å². The number of likely N-dealkylation sites (N-methyl/N-ethyl adjacent to an activating group) is 1. The fourth-order valence-corrected chi connectivity index (χ4v) is 2.48. The fraction of sp³-hybridized carbons (Fsp3) is 0.438. The van der Waals surface area contributed by atoms with Gasteiger partial charge < -0.3 is 9.88 Å². The van der Waals surface area contributed by atoms with Gasteiger partial charge in [0.15, 0.2) is 11.6 Å². The molecule has 1 N–H and O–H groups in total. The molecule has 1 aromatic carbocycles. The maximum Gasteiger partial charge on any atom is 0.162 e. The Morgan fingerprint density at radius 3 is 2.81 bits per heavy atom. The van der Waals surface area contributed by atoms with E-state index in [0.717, 1.165) is 31.3 Å². The molecule has 3 nitrogen and oxygen atoms in total. The van der Waals surface area contributed by atoms with Gasteiger partial charge >= 0.3 is 0 Å². The van der Waals surface area contributed by atoms with Crippen LogP contribution >= 0.6 is 0 Å². The van der Waals surface area contributed by atoms with Crippen molar-refractivity contribution in [1.29, 1.82) is 0 Å². The minimum Gasteiger partial charge on any atom is -0.338 e. The van der Waals surface area contributed by atoms with Gasteiger partial charge in [0, 0.05) is 31.9 Å². The standard InChI is InChI=1S/C16H21F2N3/c1-3-19-13(7-8-15-20-9-10-21(15)2)11-12-5-4-6-14(17)16(12)18/h4-6,9-10,13,19H,3,7-8,11H2,1-2H3. The second-order valence-corrected chi connectivity index (χ2v) is 5.16. The quantitative estimate of drug-likeness (QED) is 0.850. The largest absolute Gasteiger partial charge is 0.338 e. The van der Waals surface area contributed by atoms with Gasteiger partial charge in [-0.05, 0) is 31.0 Å². The summed E-state index contributed by atoms with van der Waals surface area (Å²) in [4.78, 5) is 4.29. The van der Waals surface area contributed by atoms with Crippen molar-refractivity contribution < 1.29 is 8.78 Å². The van der Waals surface area contributed by atoms with Crippen LogP contribution < -0.4 is 5.32 Å². The van der Waals surface area contributed by atoms with Gasteiger partial charge in [-0.1, -0.05) is 19.1 Å². The summed E-state index contributed by atoms with van der Waals surface area (Å²) < 4.78 is 29.0. The molecule has 0 fully saturated rings. The van der Waals surface area contributed by atoms with E-state index < -0.39 is 11.6 Å². The van der Waals surface area contributed by atoms with Crippen LogP contribution in [0.2, 0.25) is 0 Å².